The molecule has 0 saturated heterocycles. The van der Waals surface area contributed by atoms with Crippen LogP contribution < -0.4 is 11.4 Å². The van der Waals surface area contributed by atoms with Crippen LogP contribution in [0.4, 0.5) is 5.69 Å². The van der Waals surface area contributed by atoms with Crippen molar-refractivity contribution in [3.8, 4) is 0 Å². The molecule has 90 valence electrons. The number of fused-ring (bicyclic) bond motifs is 1. The van der Waals surface area contributed by atoms with E-state index in [2.05, 4.69) is 4.98 Å². The number of imidazole rings is 1. The first-order chi connectivity index (χ1) is 8.74. The minimum atomic E-state index is -0.112. The Labute approximate surface area is 104 Å². The van der Waals surface area contributed by atoms with Gasteiger partial charge in [0.1, 0.15) is 0 Å². The molecule has 0 spiro atoms. The van der Waals surface area contributed by atoms with E-state index in [4.69, 9.17) is 5.73 Å². The van der Waals surface area contributed by atoms with Crippen LogP contribution in [0, 0.1) is 0 Å². The van der Waals surface area contributed by atoms with Crippen LogP contribution in [0.15, 0.2) is 53.3 Å². The van der Waals surface area contributed by atoms with E-state index in [1.165, 1.54) is 0 Å². The largest absolute Gasteiger partial charge is 0.399 e. The zero-order chi connectivity index (χ0) is 12.5. The van der Waals surface area contributed by atoms with Gasteiger partial charge in [0, 0.05) is 5.69 Å². The smallest absolute Gasteiger partial charge is 0.326 e. The summed E-state index contributed by atoms with van der Waals surface area (Å²) in [5.74, 6) is 0. The summed E-state index contributed by atoms with van der Waals surface area (Å²) in [6.45, 7) is 0.559. The molecule has 4 heteroatoms. The minimum absolute atomic E-state index is 0.112. The summed E-state index contributed by atoms with van der Waals surface area (Å²) in [6, 6.07) is 15.3. The van der Waals surface area contributed by atoms with Gasteiger partial charge in [0.25, 0.3) is 0 Å². The lowest BCUT2D eigenvalue weighted by atomic mass is 10.2. The molecule has 3 aromatic rings. The van der Waals surface area contributed by atoms with E-state index >= 15 is 0 Å². The number of rotatable bonds is 2. The second-order valence-corrected chi connectivity index (χ2v) is 4.28. The highest BCUT2D eigenvalue weighted by Crippen LogP contribution is 2.15. The number of aromatic nitrogens is 2. The molecule has 0 amide bonds. The molecule has 0 bridgehead atoms. The normalized spacial score (nSPS) is 10.9. The van der Waals surface area contributed by atoms with Gasteiger partial charge in [-0.1, -0.05) is 30.3 Å². The Balaban J connectivity index is 2.12. The summed E-state index contributed by atoms with van der Waals surface area (Å²) in [5.41, 5.74) is 8.98. The third-order valence-electron chi connectivity index (χ3n) is 2.98. The van der Waals surface area contributed by atoms with Crippen molar-refractivity contribution in [2.24, 2.45) is 0 Å². The van der Waals surface area contributed by atoms with Crippen LogP contribution in [-0.4, -0.2) is 9.55 Å². The standard InChI is InChI=1S/C14H13N3O/c15-11-6-7-13-12(8-11)16-14(18)17(13)9-10-4-2-1-3-5-10/h1-8H,9,15H2,(H,16,18). The molecule has 3 N–H and O–H groups in total. The predicted octanol–water partition coefficient (Wildman–Crippen LogP) is 1.96. The summed E-state index contributed by atoms with van der Waals surface area (Å²) >= 11 is 0. The quantitative estimate of drug-likeness (QED) is 0.671. The van der Waals surface area contributed by atoms with Gasteiger partial charge >= 0.3 is 5.69 Å². The number of hydrogen-bond donors (Lipinski definition) is 2. The van der Waals surface area contributed by atoms with E-state index < -0.39 is 0 Å². The molecule has 18 heavy (non-hydrogen) atoms. The lowest BCUT2D eigenvalue weighted by molar-refractivity contribution is 0.787. The van der Waals surface area contributed by atoms with Gasteiger partial charge in [-0.05, 0) is 23.8 Å². The van der Waals surface area contributed by atoms with Crippen molar-refractivity contribution in [1.29, 1.82) is 0 Å². The fourth-order valence-corrected chi connectivity index (χ4v) is 2.10. The van der Waals surface area contributed by atoms with Crippen molar-refractivity contribution < 1.29 is 0 Å². The van der Waals surface area contributed by atoms with Crippen LogP contribution in [0.5, 0.6) is 0 Å². The molecule has 0 aliphatic carbocycles. The zero-order valence-corrected chi connectivity index (χ0v) is 9.76. The SMILES string of the molecule is Nc1ccc2c(c1)[nH]c(=O)n2Cc1ccccc1. The molecule has 0 fully saturated rings. The van der Waals surface area contributed by atoms with Gasteiger partial charge in [0.2, 0.25) is 0 Å². The third kappa shape index (κ3) is 1.78. The minimum Gasteiger partial charge on any atom is -0.399 e. The molecule has 1 aromatic heterocycles. The van der Waals surface area contributed by atoms with E-state index in [0.717, 1.165) is 16.6 Å². The van der Waals surface area contributed by atoms with Crippen molar-refractivity contribution in [3.05, 3.63) is 64.6 Å². The molecular formula is C14H13N3O. The van der Waals surface area contributed by atoms with Crippen LogP contribution in [0.2, 0.25) is 0 Å². The van der Waals surface area contributed by atoms with Crippen molar-refractivity contribution in [1.82, 2.24) is 9.55 Å². The molecule has 0 radical (unpaired) electrons. The maximum atomic E-state index is 11.9. The summed E-state index contributed by atoms with van der Waals surface area (Å²) < 4.78 is 1.71. The van der Waals surface area contributed by atoms with E-state index in [0.29, 0.717) is 12.2 Å². The number of nitrogen functional groups attached to an aromatic ring is 1. The fraction of sp³-hybridized carbons (Fsp3) is 0.0714. The molecule has 2 aromatic carbocycles. The van der Waals surface area contributed by atoms with Crippen LogP contribution in [0.25, 0.3) is 11.0 Å². The number of H-pyrrole nitrogens is 1. The van der Waals surface area contributed by atoms with Gasteiger partial charge in [-0.15, -0.1) is 0 Å². The molecule has 0 atom stereocenters. The Kier molecular flexibility index (Phi) is 2.41. The fourth-order valence-electron chi connectivity index (χ4n) is 2.10. The second kappa shape index (κ2) is 4.07. The summed E-state index contributed by atoms with van der Waals surface area (Å²) in [5, 5.41) is 0. The highest BCUT2D eigenvalue weighted by atomic mass is 16.1. The van der Waals surface area contributed by atoms with E-state index in [-0.39, 0.29) is 5.69 Å². The Bertz CT molecular complexity index is 741. The predicted molar refractivity (Wildman–Crippen MR) is 72.5 cm³/mol. The first-order valence-electron chi connectivity index (χ1n) is 5.76. The van der Waals surface area contributed by atoms with Crippen molar-refractivity contribution in [3.63, 3.8) is 0 Å². The molecule has 3 rings (SSSR count). The van der Waals surface area contributed by atoms with Crippen LogP contribution in [0.1, 0.15) is 5.56 Å². The number of nitrogens with one attached hydrogen (secondary N) is 1. The Hall–Kier alpha value is -2.49. The average Bonchev–Trinajstić information content (AvgIpc) is 2.66. The molecule has 0 aliphatic heterocycles. The van der Waals surface area contributed by atoms with Gasteiger partial charge in [0.15, 0.2) is 0 Å². The Morgan fingerprint density at radius 3 is 2.67 bits per heavy atom. The molecule has 0 aliphatic rings. The van der Waals surface area contributed by atoms with Gasteiger partial charge in [-0.3, -0.25) is 4.57 Å². The summed E-state index contributed by atoms with van der Waals surface area (Å²) in [4.78, 5) is 14.7. The first-order valence-corrected chi connectivity index (χ1v) is 5.76. The number of hydrogen-bond acceptors (Lipinski definition) is 2. The topological polar surface area (TPSA) is 63.8 Å². The van der Waals surface area contributed by atoms with Gasteiger partial charge in [0.05, 0.1) is 17.6 Å². The molecular weight excluding hydrogens is 226 g/mol. The highest BCUT2D eigenvalue weighted by Gasteiger charge is 2.06. The van der Waals surface area contributed by atoms with Gasteiger partial charge in [-0.25, -0.2) is 4.79 Å². The Morgan fingerprint density at radius 2 is 1.89 bits per heavy atom. The molecule has 1 heterocycles. The van der Waals surface area contributed by atoms with Crippen LogP contribution in [0.3, 0.4) is 0 Å². The van der Waals surface area contributed by atoms with Gasteiger partial charge in [-0.2, -0.15) is 0 Å². The Morgan fingerprint density at radius 1 is 1.11 bits per heavy atom. The van der Waals surface area contributed by atoms with Gasteiger partial charge < -0.3 is 10.7 Å². The molecule has 0 unspecified atom stereocenters. The summed E-state index contributed by atoms with van der Waals surface area (Å²) in [6.07, 6.45) is 0. The number of nitrogens with zero attached hydrogens (tertiary/aromatic N) is 1. The van der Waals surface area contributed by atoms with Crippen molar-refractivity contribution in [2.45, 2.75) is 6.54 Å². The highest BCUT2D eigenvalue weighted by molar-refractivity contribution is 5.78. The zero-order valence-electron chi connectivity index (χ0n) is 9.76. The summed E-state index contributed by atoms with van der Waals surface area (Å²) in [7, 11) is 0. The van der Waals surface area contributed by atoms with Crippen molar-refractivity contribution in [2.75, 3.05) is 5.73 Å². The second-order valence-electron chi connectivity index (χ2n) is 4.28. The van der Waals surface area contributed by atoms with Crippen LogP contribution in [-0.2, 0) is 6.54 Å². The van der Waals surface area contributed by atoms with E-state index in [9.17, 15) is 4.79 Å². The average molecular weight is 239 g/mol. The third-order valence-corrected chi connectivity index (χ3v) is 2.98. The number of benzene rings is 2. The first kappa shape index (κ1) is 10.7. The van der Waals surface area contributed by atoms with E-state index in [1.807, 2.05) is 36.4 Å². The lowest BCUT2D eigenvalue weighted by Gasteiger charge is -2.03. The monoisotopic (exact) mass is 239 g/mol. The number of anilines is 1. The van der Waals surface area contributed by atoms with E-state index in [1.54, 1.807) is 16.7 Å². The number of nitrogens with two attached hydrogens (primary N) is 1. The van der Waals surface area contributed by atoms with Crippen LogP contribution >= 0.6 is 0 Å². The van der Waals surface area contributed by atoms with Crippen molar-refractivity contribution >= 4 is 16.7 Å². The molecule has 0 saturated carbocycles. The lowest BCUT2D eigenvalue weighted by Crippen LogP contribution is -2.17. The maximum Gasteiger partial charge on any atom is 0.326 e. The number of aromatic amines is 1. The maximum absolute atomic E-state index is 11.9. The molecule has 4 nitrogen and oxygen atoms in total.